The van der Waals surface area contributed by atoms with Crippen molar-refractivity contribution in [2.24, 2.45) is 0 Å². The molecule has 1 heterocycles. The third-order valence-electron chi connectivity index (χ3n) is 3.22. The van der Waals surface area contributed by atoms with Crippen LogP contribution in [-0.2, 0) is 24.7 Å². The summed E-state index contributed by atoms with van der Waals surface area (Å²) in [5, 5.41) is 9.25. The quantitative estimate of drug-likeness (QED) is 0.794. The predicted molar refractivity (Wildman–Crippen MR) is 76.9 cm³/mol. The van der Waals surface area contributed by atoms with Crippen molar-refractivity contribution < 1.29 is 0 Å². The topological polar surface area (TPSA) is 30.7 Å². The monoisotopic (exact) mass is 307 g/mol. The number of hydrogen-bond donors (Lipinski definition) is 0. The van der Waals surface area contributed by atoms with E-state index < -0.39 is 0 Å². The molecule has 0 amide bonds. The van der Waals surface area contributed by atoms with Crippen LogP contribution in [0.2, 0.25) is 0 Å². The van der Waals surface area contributed by atoms with Gasteiger partial charge in [0.2, 0.25) is 0 Å². The number of benzene rings is 1. The number of alkyl halides is 1. The third-order valence-corrected chi connectivity index (χ3v) is 3.72. The molecule has 0 unspecified atom stereocenters. The molecule has 0 N–H and O–H groups in total. The van der Waals surface area contributed by atoms with Crippen molar-refractivity contribution in [1.82, 2.24) is 14.8 Å². The fourth-order valence-electron chi connectivity index (χ4n) is 2.16. The maximum Gasteiger partial charge on any atom is 0.143 e. The van der Waals surface area contributed by atoms with Gasteiger partial charge < -0.3 is 4.57 Å². The molecule has 2 rings (SSSR count). The van der Waals surface area contributed by atoms with Crippen molar-refractivity contribution >= 4 is 15.9 Å². The van der Waals surface area contributed by atoms with Crippen molar-refractivity contribution in [2.45, 2.75) is 38.6 Å². The summed E-state index contributed by atoms with van der Waals surface area (Å²) < 4.78 is 2.19. The van der Waals surface area contributed by atoms with Gasteiger partial charge in [-0.1, -0.05) is 40.2 Å². The van der Waals surface area contributed by atoms with Crippen LogP contribution in [-0.4, -0.2) is 14.8 Å². The lowest BCUT2D eigenvalue weighted by Gasteiger charge is -2.07. The average molecular weight is 308 g/mol. The summed E-state index contributed by atoms with van der Waals surface area (Å²) in [6.07, 6.45) is 1.96. The number of hydrogen-bond acceptors (Lipinski definition) is 2. The smallest absolute Gasteiger partial charge is 0.143 e. The van der Waals surface area contributed by atoms with Crippen LogP contribution >= 0.6 is 15.9 Å². The zero-order valence-electron chi connectivity index (χ0n) is 10.9. The highest BCUT2D eigenvalue weighted by atomic mass is 79.9. The van der Waals surface area contributed by atoms with E-state index in [1.165, 1.54) is 11.1 Å². The highest BCUT2D eigenvalue weighted by molar-refractivity contribution is 9.08. The first-order valence-electron chi connectivity index (χ1n) is 6.27. The molecular formula is C14H18BrN3. The van der Waals surface area contributed by atoms with Gasteiger partial charge in [-0.2, -0.15) is 0 Å². The van der Waals surface area contributed by atoms with Gasteiger partial charge in [0.1, 0.15) is 11.6 Å². The van der Waals surface area contributed by atoms with Gasteiger partial charge in [0.15, 0.2) is 0 Å². The second kappa shape index (κ2) is 6.14. The van der Waals surface area contributed by atoms with Gasteiger partial charge in [0.05, 0.1) is 5.33 Å². The fraction of sp³-hybridized carbons (Fsp3) is 0.429. The first-order chi connectivity index (χ1) is 8.76. The molecule has 1 aromatic heterocycles. The zero-order valence-corrected chi connectivity index (χ0v) is 12.4. The highest BCUT2D eigenvalue weighted by Crippen LogP contribution is 2.12. The van der Waals surface area contributed by atoms with Crippen LogP contribution < -0.4 is 0 Å². The molecule has 0 radical (unpaired) electrons. The van der Waals surface area contributed by atoms with Crippen LogP contribution in [0.5, 0.6) is 0 Å². The van der Waals surface area contributed by atoms with Crippen molar-refractivity contribution in [3.05, 3.63) is 47.0 Å². The maximum atomic E-state index is 4.29. The summed E-state index contributed by atoms with van der Waals surface area (Å²) in [6.45, 7) is 5.22. The number of aryl methyl sites for hydroxylation is 3. The van der Waals surface area contributed by atoms with Crippen molar-refractivity contribution in [1.29, 1.82) is 0 Å². The number of rotatable bonds is 5. The van der Waals surface area contributed by atoms with E-state index in [4.69, 9.17) is 0 Å². The Bertz CT molecular complexity index is 520. The first kappa shape index (κ1) is 13.3. The van der Waals surface area contributed by atoms with Crippen LogP contribution in [0.15, 0.2) is 24.3 Å². The Morgan fingerprint density at radius 2 is 1.83 bits per heavy atom. The van der Waals surface area contributed by atoms with Gasteiger partial charge in [-0.05, 0) is 31.4 Å². The molecule has 0 aliphatic heterocycles. The molecule has 0 aliphatic rings. The van der Waals surface area contributed by atoms with E-state index in [2.05, 4.69) is 68.8 Å². The van der Waals surface area contributed by atoms with Crippen LogP contribution in [0.3, 0.4) is 0 Å². The number of nitrogens with zero attached hydrogens (tertiary/aromatic N) is 3. The Balaban J connectivity index is 2.11. The summed E-state index contributed by atoms with van der Waals surface area (Å²) in [7, 11) is 0. The molecule has 96 valence electrons. The van der Waals surface area contributed by atoms with E-state index in [0.717, 1.165) is 36.4 Å². The molecule has 0 aliphatic carbocycles. The van der Waals surface area contributed by atoms with E-state index in [9.17, 15) is 0 Å². The summed E-state index contributed by atoms with van der Waals surface area (Å²) >= 11 is 3.45. The minimum absolute atomic E-state index is 0.762. The van der Waals surface area contributed by atoms with E-state index in [1.807, 2.05) is 0 Å². The molecule has 0 spiro atoms. The summed E-state index contributed by atoms with van der Waals surface area (Å²) in [5.41, 5.74) is 2.74. The predicted octanol–water partition coefficient (Wildman–Crippen LogP) is 3.29. The van der Waals surface area contributed by atoms with Gasteiger partial charge in [-0.25, -0.2) is 0 Å². The van der Waals surface area contributed by atoms with Gasteiger partial charge in [0.25, 0.3) is 0 Å². The second-order valence-corrected chi connectivity index (χ2v) is 4.90. The Morgan fingerprint density at radius 1 is 1.11 bits per heavy atom. The molecule has 2 aromatic rings. The molecule has 1 aromatic carbocycles. The van der Waals surface area contributed by atoms with Crippen LogP contribution in [0.4, 0.5) is 0 Å². The van der Waals surface area contributed by atoms with Crippen LogP contribution in [0.1, 0.15) is 29.7 Å². The lowest BCUT2D eigenvalue weighted by Crippen LogP contribution is -2.06. The number of aromatic nitrogens is 3. The number of halogens is 1. The van der Waals surface area contributed by atoms with Crippen molar-refractivity contribution in [2.75, 3.05) is 0 Å². The zero-order chi connectivity index (χ0) is 13.0. The molecule has 0 fully saturated rings. The van der Waals surface area contributed by atoms with E-state index >= 15 is 0 Å². The molecule has 0 saturated carbocycles. The molecule has 0 saturated heterocycles. The molecule has 4 heteroatoms. The lowest BCUT2D eigenvalue weighted by molar-refractivity contribution is 0.670. The Hall–Kier alpha value is -1.16. The van der Waals surface area contributed by atoms with Crippen LogP contribution in [0, 0.1) is 6.92 Å². The van der Waals surface area contributed by atoms with Crippen molar-refractivity contribution in [3.63, 3.8) is 0 Å². The normalized spacial score (nSPS) is 10.8. The minimum Gasteiger partial charge on any atom is -0.315 e. The Kier molecular flexibility index (Phi) is 4.53. The average Bonchev–Trinajstić information content (AvgIpc) is 2.79. The summed E-state index contributed by atoms with van der Waals surface area (Å²) in [5.74, 6) is 2.09. The summed E-state index contributed by atoms with van der Waals surface area (Å²) in [4.78, 5) is 0. The second-order valence-electron chi connectivity index (χ2n) is 4.34. The molecule has 0 atom stereocenters. The molecule has 3 nitrogen and oxygen atoms in total. The van der Waals surface area contributed by atoms with E-state index in [-0.39, 0.29) is 0 Å². The fourth-order valence-corrected chi connectivity index (χ4v) is 2.57. The third kappa shape index (κ3) is 2.80. The Labute approximate surface area is 116 Å². The largest absolute Gasteiger partial charge is 0.315 e. The summed E-state index contributed by atoms with van der Waals surface area (Å²) in [6, 6.07) is 8.52. The maximum absolute atomic E-state index is 4.29. The minimum atomic E-state index is 0.762. The molecule has 18 heavy (non-hydrogen) atoms. The molecular weight excluding hydrogens is 290 g/mol. The Morgan fingerprint density at radius 3 is 2.50 bits per heavy atom. The SMILES string of the molecule is CCn1c(CBr)nnc1CCc1ccccc1C. The van der Waals surface area contributed by atoms with Crippen LogP contribution in [0.25, 0.3) is 0 Å². The van der Waals surface area contributed by atoms with Gasteiger partial charge in [0, 0.05) is 13.0 Å². The van der Waals surface area contributed by atoms with Gasteiger partial charge in [-0.15, -0.1) is 10.2 Å². The standard InChI is InChI=1S/C14H18BrN3/c1-3-18-13(16-17-14(18)10-15)9-8-12-7-5-4-6-11(12)2/h4-7H,3,8-10H2,1-2H3. The molecule has 0 bridgehead atoms. The first-order valence-corrected chi connectivity index (χ1v) is 7.39. The van der Waals surface area contributed by atoms with Gasteiger partial charge in [-0.3, -0.25) is 0 Å². The van der Waals surface area contributed by atoms with Gasteiger partial charge >= 0.3 is 0 Å². The lowest BCUT2D eigenvalue weighted by atomic mass is 10.0. The van der Waals surface area contributed by atoms with E-state index in [1.54, 1.807) is 0 Å². The highest BCUT2D eigenvalue weighted by Gasteiger charge is 2.09. The van der Waals surface area contributed by atoms with E-state index in [0.29, 0.717) is 0 Å². The van der Waals surface area contributed by atoms with Crippen molar-refractivity contribution in [3.8, 4) is 0 Å².